The monoisotopic (exact) mass is 266 g/mol. The highest BCUT2D eigenvalue weighted by atomic mass is 35.5. The first-order valence-corrected chi connectivity index (χ1v) is 6.80. The summed E-state index contributed by atoms with van der Waals surface area (Å²) in [4.78, 5) is 11.9. The van der Waals surface area contributed by atoms with Crippen molar-refractivity contribution < 1.29 is 14.3 Å². The van der Waals surface area contributed by atoms with Crippen LogP contribution in [0.4, 0.5) is 0 Å². The van der Waals surface area contributed by atoms with Crippen molar-refractivity contribution in [2.45, 2.75) is 26.2 Å². The molecule has 1 aromatic carbocycles. The van der Waals surface area contributed by atoms with Crippen LogP contribution in [0, 0.1) is 0 Å². The summed E-state index contributed by atoms with van der Waals surface area (Å²) in [6.07, 6.45) is 2.41. The summed E-state index contributed by atoms with van der Waals surface area (Å²) in [5, 5.41) is 0. The molecule has 0 aliphatic carbocycles. The van der Waals surface area contributed by atoms with Crippen LogP contribution < -0.4 is 9.47 Å². The third-order valence-electron chi connectivity index (χ3n) is 3.61. The van der Waals surface area contributed by atoms with Crippen LogP contribution in [0.2, 0.25) is 0 Å². The Kier molecular flexibility index (Phi) is 2.94. The van der Waals surface area contributed by atoms with Crippen LogP contribution in [-0.4, -0.2) is 24.9 Å². The SMILES string of the molecule is CC(=O)c1c2c(c(CCCl)c3c1OCC3)OCC2. The highest BCUT2D eigenvalue weighted by Crippen LogP contribution is 2.44. The molecule has 0 radical (unpaired) electrons. The molecule has 0 fully saturated rings. The van der Waals surface area contributed by atoms with Crippen LogP contribution in [0.3, 0.4) is 0 Å². The number of ketones is 1. The molecule has 0 saturated carbocycles. The molecule has 0 spiro atoms. The second-order valence-corrected chi connectivity index (χ2v) is 5.04. The smallest absolute Gasteiger partial charge is 0.163 e. The van der Waals surface area contributed by atoms with Gasteiger partial charge in [0, 0.05) is 35.4 Å². The lowest BCUT2D eigenvalue weighted by molar-refractivity contribution is 0.101. The number of Topliss-reactive ketones (excluding diaryl/α,β-unsaturated/α-hetero) is 1. The van der Waals surface area contributed by atoms with E-state index in [1.807, 2.05) is 0 Å². The van der Waals surface area contributed by atoms with Gasteiger partial charge >= 0.3 is 0 Å². The van der Waals surface area contributed by atoms with Gasteiger partial charge in [-0.2, -0.15) is 0 Å². The second-order valence-electron chi connectivity index (χ2n) is 4.66. The van der Waals surface area contributed by atoms with Gasteiger partial charge < -0.3 is 9.47 Å². The normalized spacial score (nSPS) is 15.9. The minimum absolute atomic E-state index is 0.0623. The number of halogens is 1. The quantitative estimate of drug-likeness (QED) is 0.623. The average Bonchev–Trinajstić information content (AvgIpc) is 2.96. The molecule has 0 amide bonds. The van der Waals surface area contributed by atoms with E-state index < -0.39 is 0 Å². The minimum Gasteiger partial charge on any atom is -0.493 e. The maximum Gasteiger partial charge on any atom is 0.163 e. The second kappa shape index (κ2) is 4.47. The molecule has 3 nitrogen and oxygen atoms in total. The number of alkyl halides is 1. The fourth-order valence-corrected chi connectivity index (χ4v) is 3.12. The first-order chi connectivity index (χ1) is 8.74. The molecule has 0 N–H and O–H groups in total. The lowest BCUT2D eigenvalue weighted by Gasteiger charge is -2.15. The summed E-state index contributed by atoms with van der Waals surface area (Å²) in [6.45, 7) is 2.89. The Hall–Kier alpha value is -1.22. The van der Waals surface area contributed by atoms with Gasteiger partial charge in [0.05, 0.1) is 18.8 Å². The van der Waals surface area contributed by atoms with E-state index in [0.29, 0.717) is 19.1 Å². The predicted octanol–water partition coefficient (Wildman–Crippen LogP) is 2.54. The lowest BCUT2D eigenvalue weighted by atomic mass is 9.91. The van der Waals surface area contributed by atoms with E-state index in [1.165, 1.54) is 0 Å². The summed E-state index contributed by atoms with van der Waals surface area (Å²) in [5.41, 5.74) is 4.02. The van der Waals surface area contributed by atoms with Gasteiger partial charge in [-0.25, -0.2) is 0 Å². The molecular formula is C14H15ClO3. The summed E-state index contributed by atoms with van der Waals surface area (Å²) in [6, 6.07) is 0. The van der Waals surface area contributed by atoms with Gasteiger partial charge in [-0.15, -0.1) is 11.6 Å². The Balaban J connectivity index is 2.28. The van der Waals surface area contributed by atoms with Crippen LogP contribution in [0.25, 0.3) is 0 Å². The van der Waals surface area contributed by atoms with Gasteiger partial charge in [0.2, 0.25) is 0 Å². The Bertz CT molecular complexity index is 487. The zero-order valence-corrected chi connectivity index (χ0v) is 11.1. The van der Waals surface area contributed by atoms with E-state index in [4.69, 9.17) is 21.1 Å². The van der Waals surface area contributed by atoms with Crippen molar-refractivity contribution in [1.82, 2.24) is 0 Å². The van der Waals surface area contributed by atoms with Crippen LogP contribution in [0.1, 0.15) is 34.0 Å². The fraction of sp³-hybridized carbons (Fsp3) is 0.500. The molecule has 0 saturated heterocycles. The van der Waals surface area contributed by atoms with Crippen molar-refractivity contribution in [2.75, 3.05) is 19.1 Å². The van der Waals surface area contributed by atoms with Crippen molar-refractivity contribution in [3.63, 3.8) is 0 Å². The maximum absolute atomic E-state index is 11.9. The van der Waals surface area contributed by atoms with Crippen LogP contribution >= 0.6 is 11.6 Å². The highest BCUT2D eigenvalue weighted by molar-refractivity contribution is 6.18. The molecule has 96 valence electrons. The van der Waals surface area contributed by atoms with E-state index in [2.05, 4.69) is 0 Å². The van der Waals surface area contributed by atoms with Crippen LogP contribution in [-0.2, 0) is 19.3 Å². The summed E-state index contributed by atoms with van der Waals surface area (Å²) in [5.74, 6) is 2.30. The Morgan fingerprint density at radius 1 is 1.17 bits per heavy atom. The molecular weight excluding hydrogens is 252 g/mol. The van der Waals surface area contributed by atoms with E-state index >= 15 is 0 Å². The van der Waals surface area contributed by atoms with Crippen molar-refractivity contribution >= 4 is 17.4 Å². The topological polar surface area (TPSA) is 35.5 Å². The molecule has 1 aromatic rings. The average molecular weight is 267 g/mol. The van der Waals surface area contributed by atoms with E-state index in [0.717, 1.165) is 53.0 Å². The number of carbonyl (C=O) groups is 1. The number of fused-ring (bicyclic) bond motifs is 2. The first kappa shape index (κ1) is 11.8. The Morgan fingerprint density at radius 2 is 1.83 bits per heavy atom. The molecule has 2 aliphatic heterocycles. The molecule has 0 bridgehead atoms. The van der Waals surface area contributed by atoms with Crippen molar-refractivity contribution in [2.24, 2.45) is 0 Å². The number of hydrogen-bond acceptors (Lipinski definition) is 3. The molecule has 4 heteroatoms. The lowest BCUT2D eigenvalue weighted by Crippen LogP contribution is -2.05. The number of rotatable bonds is 3. The minimum atomic E-state index is 0.0623. The van der Waals surface area contributed by atoms with E-state index in [-0.39, 0.29) is 5.78 Å². The van der Waals surface area contributed by atoms with Gasteiger partial charge in [0.1, 0.15) is 11.5 Å². The molecule has 0 unspecified atom stereocenters. The van der Waals surface area contributed by atoms with E-state index in [1.54, 1.807) is 6.92 Å². The maximum atomic E-state index is 11.9. The zero-order valence-electron chi connectivity index (χ0n) is 10.3. The third-order valence-corrected chi connectivity index (χ3v) is 3.80. The molecule has 2 heterocycles. The van der Waals surface area contributed by atoms with Crippen LogP contribution in [0.15, 0.2) is 0 Å². The standard InChI is InChI=1S/C14H15ClO3/c1-8(16)12-11-4-7-17-13(11)9(2-5-15)10-3-6-18-14(10)12/h2-7H2,1H3. The van der Waals surface area contributed by atoms with Gasteiger partial charge in [0.15, 0.2) is 5.78 Å². The third kappa shape index (κ3) is 1.61. The number of carbonyl (C=O) groups excluding carboxylic acids is 1. The first-order valence-electron chi connectivity index (χ1n) is 6.27. The molecule has 0 aromatic heterocycles. The van der Waals surface area contributed by atoms with Gasteiger partial charge in [-0.3, -0.25) is 4.79 Å². The number of benzene rings is 1. The Morgan fingerprint density at radius 3 is 2.50 bits per heavy atom. The highest BCUT2D eigenvalue weighted by Gasteiger charge is 2.32. The summed E-state index contributed by atoms with van der Waals surface area (Å²) >= 11 is 5.88. The van der Waals surface area contributed by atoms with Crippen molar-refractivity contribution in [3.05, 3.63) is 22.3 Å². The van der Waals surface area contributed by atoms with Crippen molar-refractivity contribution in [3.8, 4) is 11.5 Å². The van der Waals surface area contributed by atoms with E-state index in [9.17, 15) is 4.79 Å². The van der Waals surface area contributed by atoms with Crippen LogP contribution in [0.5, 0.6) is 11.5 Å². The number of hydrogen-bond donors (Lipinski definition) is 0. The molecule has 18 heavy (non-hydrogen) atoms. The molecule has 0 atom stereocenters. The largest absolute Gasteiger partial charge is 0.493 e. The molecule has 3 rings (SSSR count). The Labute approximate surface area is 111 Å². The predicted molar refractivity (Wildman–Crippen MR) is 69.3 cm³/mol. The van der Waals surface area contributed by atoms with Crippen molar-refractivity contribution in [1.29, 1.82) is 0 Å². The zero-order chi connectivity index (χ0) is 12.7. The molecule has 2 aliphatic rings. The summed E-state index contributed by atoms with van der Waals surface area (Å²) < 4.78 is 11.4. The van der Waals surface area contributed by atoms with Gasteiger partial charge in [-0.1, -0.05) is 0 Å². The van der Waals surface area contributed by atoms with Gasteiger partial charge in [-0.05, 0) is 13.3 Å². The summed E-state index contributed by atoms with van der Waals surface area (Å²) in [7, 11) is 0. The number of ether oxygens (including phenoxy) is 2. The van der Waals surface area contributed by atoms with Gasteiger partial charge in [0.25, 0.3) is 0 Å². The fourth-order valence-electron chi connectivity index (χ4n) is 2.94.